The lowest BCUT2D eigenvalue weighted by Gasteiger charge is -2.22. The molecule has 2 N–H and O–H groups in total. The molecule has 0 saturated carbocycles. The van der Waals surface area contributed by atoms with Crippen LogP contribution in [0.15, 0.2) is 47.3 Å². The van der Waals surface area contributed by atoms with Crippen LogP contribution in [0.4, 0.5) is 5.69 Å². The van der Waals surface area contributed by atoms with Crippen molar-refractivity contribution in [3.05, 3.63) is 64.1 Å². The van der Waals surface area contributed by atoms with Crippen LogP contribution in [0.25, 0.3) is 0 Å². The molecule has 2 rings (SSSR count). The molecule has 1 aromatic carbocycles. The Labute approximate surface area is 172 Å². The molecule has 1 amide bonds. The van der Waals surface area contributed by atoms with E-state index < -0.39 is 28.8 Å². The summed E-state index contributed by atoms with van der Waals surface area (Å²) in [6.45, 7) is 2.33. The van der Waals surface area contributed by atoms with E-state index in [1.807, 2.05) is 6.92 Å². The van der Waals surface area contributed by atoms with E-state index in [1.165, 1.54) is 36.8 Å². The number of carboxylic acids is 1. The summed E-state index contributed by atoms with van der Waals surface area (Å²) >= 11 is 0. The number of ether oxygens (including phenoxy) is 2. The fourth-order valence-electron chi connectivity index (χ4n) is 2.81. The van der Waals surface area contributed by atoms with Gasteiger partial charge in [0.25, 0.3) is 11.6 Å². The number of nitro benzene ring substituents is 1. The lowest BCUT2D eigenvalue weighted by atomic mass is 9.94. The number of carboxylic acid groups (broad SMARTS) is 1. The van der Waals surface area contributed by atoms with Crippen molar-refractivity contribution >= 4 is 17.6 Å². The van der Waals surface area contributed by atoms with Crippen LogP contribution in [0.2, 0.25) is 0 Å². The number of hydrogen-bond donors (Lipinski definition) is 2. The maximum absolute atomic E-state index is 12.6. The number of benzene rings is 1. The zero-order chi connectivity index (χ0) is 21.9. The minimum Gasteiger partial charge on any atom is -0.481 e. The molecule has 10 heteroatoms. The van der Waals surface area contributed by atoms with E-state index in [9.17, 15) is 24.8 Å². The molecular weight excluding hydrogens is 396 g/mol. The number of rotatable bonds is 13. The number of carbonyl (C=O) groups excluding carboxylic acids is 1. The zero-order valence-corrected chi connectivity index (χ0v) is 16.5. The normalized spacial score (nSPS) is 12.8. The van der Waals surface area contributed by atoms with Crippen molar-refractivity contribution in [2.24, 2.45) is 5.92 Å². The predicted octanol–water partition coefficient (Wildman–Crippen LogP) is 2.63. The Kier molecular flexibility index (Phi) is 8.98. The Morgan fingerprint density at radius 1 is 1.23 bits per heavy atom. The van der Waals surface area contributed by atoms with Crippen LogP contribution in [0, 0.1) is 16.0 Å². The molecule has 0 bridgehead atoms. The van der Waals surface area contributed by atoms with E-state index in [2.05, 4.69) is 5.32 Å². The molecule has 0 spiro atoms. The van der Waals surface area contributed by atoms with Crippen molar-refractivity contribution in [3.8, 4) is 0 Å². The van der Waals surface area contributed by atoms with E-state index in [0.717, 1.165) is 5.56 Å². The van der Waals surface area contributed by atoms with Crippen LogP contribution in [-0.4, -0.2) is 48.0 Å². The molecule has 10 nitrogen and oxygen atoms in total. The maximum Gasteiger partial charge on any atom is 0.306 e. The Hall–Kier alpha value is -3.24. The third kappa shape index (κ3) is 7.30. The first-order valence-corrected chi connectivity index (χ1v) is 9.35. The number of carbonyl (C=O) groups is 2. The van der Waals surface area contributed by atoms with Crippen molar-refractivity contribution in [2.45, 2.75) is 25.8 Å². The summed E-state index contributed by atoms with van der Waals surface area (Å²) in [7, 11) is 0. The summed E-state index contributed by atoms with van der Waals surface area (Å²) in [5, 5.41) is 23.1. The molecular formula is C20H24N2O8. The average molecular weight is 420 g/mol. The first kappa shape index (κ1) is 23.0. The number of nitrogens with one attached hydrogen (secondary N) is 1. The first-order chi connectivity index (χ1) is 14.4. The summed E-state index contributed by atoms with van der Waals surface area (Å²) in [5.41, 5.74) is 0.824. The van der Waals surface area contributed by atoms with E-state index in [1.54, 1.807) is 6.07 Å². The molecule has 0 fully saturated rings. The quantitative estimate of drug-likeness (QED) is 0.218. The molecule has 2 unspecified atom stereocenters. The Balaban J connectivity index is 2.07. The van der Waals surface area contributed by atoms with Gasteiger partial charge in [0.15, 0.2) is 0 Å². The maximum atomic E-state index is 12.6. The second-order valence-electron chi connectivity index (χ2n) is 6.56. The van der Waals surface area contributed by atoms with Gasteiger partial charge in [-0.15, -0.1) is 0 Å². The van der Waals surface area contributed by atoms with Gasteiger partial charge in [0.05, 0.1) is 36.0 Å². The van der Waals surface area contributed by atoms with Gasteiger partial charge >= 0.3 is 5.97 Å². The van der Waals surface area contributed by atoms with Crippen molar-refractivity contribution in [2.75, 3.05) is 20.0 Å². The number of furan rings is 1. The van der Waals surface area contributed by atoms with Gasteiger partial charge in [-0.25, -0.2) is 0 Å². The average Bonchev–Trinajstić information content (AvgIpc) is 3.23. The fraction of sp³-hybridized carbons (Fsp3) is 0.400. The lowest BCUT2D eigenvalue weighted by Crippen LogP contribution is -2.41. The highest BCUT2D eigenvalue weighted by atomic mass is 16.7. The molecule has 2 aromatic rings. The SMILES string of the molecule is CCOCOCC(CC(Cc1ccoc1)C(=O)O)NC(=O)c1ccc([N+](=O)[O-])cc1. The fourth-order valence-corrected chi connectivity index (χ4v) is 2.81. The zero-order valence-electron chi connectivity index (χ0n) is 16.5. The number of non-ortho nitro benzene ring substituents is 1. The van der Waals surface area contributed by atoms with Gasteiger partial charge in [0.1, 0.15) is 6.79 Å². The standard InChI is InChI=1S/C20H24N2O8/c1-2-28-13-30-12-17(10-16(20(24)25)9-14-7-8-29-11-14)21-19(23)15-3-5-18(6-4-15)22(26)27/h3-8,11,16-17H,2,9-10,12-13H2,1H3,(H,21,23)(H,24,25). The minimum absolute atomic E-state index is 0.0138. The second-order valence-corrected chi connectivity index (χ2v) is 6.56. The van der Waals surface area contributed by atoms with Gasteiger partial charge in [0.2, 0.25) is 0 Å². The van der Waals surface area contributed by atoms with Crippen molar-refractivity contribution in [1.82, 2.24) is 5.32 Å². The molecule has 30 heavy (non-hydrogen) atoms. The molecule has 0 saturated heterocycles. The largest absolute Gasteiger partial charge is 0.481 e. The van der Waals surface area contributed by atoms with Crippen molar-refractivity contribution < 1.29 is 33.5 Å². The number of aliphatic carboxylic acids is 1. The highest BCUT2D eigenvalue weighted by Gasteiger charge is 2.25. The third-order valence-corrected chi connectivity index (χ3v) is 4.35. The van der Waals surface area contributed by atoms with Gasteiger partial charge < -0.3 is 24.3 Å². The van der Waals surface area contributed by atoms with Gasteiger partial charge in [-0.1, -0.05) is 0 Å². The molecule has 0 aliphatic carbocycles. The summed E-state index contributed by atoms with van der Waals surface area (Å²) in [4.78, 5) is 34.5. The first-order valence-electron chi connectivity index (χ1n) is 9.35. The number of hydrogen-bond acceptors (Lipinski definition) is 7. The van der Waals surface area contributed by atoms with Crippen LogP contribution >= 0.6 is 0 Å². The number of nitro groups is 1. The topological polar surface area (TPSA) is 141 Å². The second kappa shape index (κ2) is 11.7. The summed E-state index contributed by atoms with van der Waals surface area (Å²) in [6.07, 6.45) is 3.30. The van der Waals surface area contributed by atoms with Gasteiger partial charge in [-0.05, 0) is 43.5 Å². The lowest BCUT2D eigenvalue weighted by molar-refractivity contribution is -0.384. The van der Waals surface area contributed by atoms with Crippen LogP contribution in [-0.2, 0) is 20.7 Å². The van der Waals surface area contributed by atoms with E-state index in [-0.39, 0.29) is 37.5 Å². The van der Waals surface area contributed by atoms with Crippen LogP contribution in [0.3, 0.4) is 0 Å². The predicted molar refractivity (Wildman–Crippen MR) is 105 cm³/mol. The van der Waals surface area contributed by atoms with E-state index in [0.29, 0.717) is 6.61 Å². The van der Waals surface area contributed by atoms with Gasteiger partial charge in [-0.2, -0.15) is 0 Å². The van der Waals surface area contributed by atoms with E-state index in [4.69, 9.17) is 13.9 Å². The molecule has 0 radical (unpaired) electrons. The minimum atomic E-state index is -1.00. The summed E-state index contributed by atoms with van der Waals surface area (Å²) in [5.74, 6) is -2.27. The molecule has 2 atom stereocenters. The highest BCUT2D eigenvalue weighted by molar-refractivity contribution is 5.94. The third-order valence-electron chi connectivity index (χ3n) is 4.35. The smallest absolute Gasteiger partial charge is 0.306 e. The molecule has 1 aromatic heterocycles. The molecule has 0 aliphatic rings. The van der Waals surface area contributed by atoms with Gasteiger partial charge in [0, 0.05) is 24.3 Å². The van der Waals surface area contributed by atoms with E-state index >= 15 is 0 Å². The highest BCUT2D eigenvalue weighted by Crippen LogP contribution is 2.17. The number of nitrogens with zero attached hydrogens (tertiary/aromatic N) is 1. The van der Waals surface area contributed by atoms with Crippen LogP contribution < -0.4 is 5.32 Å². The summed E-state index contributed by atoms with van der Waals surface area (Å²) in [6, 6.07) is 6.22. The van der Waals surface area contributed by atoms with Crippen molar-refractivity contribution in [1.29, 1.82) is 0 Å². The number of amides is 1. The molecule has 0 aliphatic heterocycles. The monoisotopic (exact) mass is 420 g/mol. The Morgan fingerprint density at radius 3 is 2.53 bits per heavy atom. The Morgan fingerprint density at radius 2 is 1.97 bits per heavy atom. The molecule has 162 valence electrons. The van der Waals surface area contributed by atoms with Crippen LogP contribution in [0.1, 0.15) is 29.3 Å². The van der Waals surface area contributed by atoms with Crippen LogP contribution in [0.5, 0.6) is 0 Å². The Bertz CT molecular complexity index is 820. The molecule has 1 heterocycles. The van der Waals surface area contributed by atoms with Gasteiger partial charge in [-0.3, -0.25) is 19.7 Å². The summed E-state index contributed by atoms with van der Waals surface area (Å²) < 4.78 is 15.5. The van der Waals surface area contributed by atoms with Crippen molar-refractivity contribution in [3.63, 3.8) is 0 Å².